The molecule has 0 amide bonds. The van der Waals surface area contributed by atoms with Crippen LogP contribution in [0.15, 0.2) is 0 Å². The molecule has 1 heterocycles. The number of hydrogen-bond acceptors (Lipinski definition) is 4. The summed E-state index contributed by atoms with van der Waals surface area (Å²) in [6, 6.07) is 0. The van der Waals surface area contributed by atoms with E-state index < -0.39 is 0 Å². The third kappa shape index (κ3) is 2.97. The van der Waals surface area contributed by atoms with Gasteiger partial charge in [-0.2, -0.15) is 0 Å². The number of aryl methyl sites for hydroxylation is 1. The molecule has 2 N–H and O–H groups in total. The summed E-state index contributed by atoms with van der Waals surface area (Å²) in [5.41, 5.74) is 6.70. The molecule has 0 aliphatic heterocycles. The highest BCUT2D eigenvalue weighted by atomic mass is 32.1. The molecule has 0 spiro atoms. The fourth-order valence-electron chi connectivity index (χ4n) is 1.13. The van der Waals surface area contributed by atoms with E-state index in [0.29, 0.717) is 5.13 Å². The normalized spacial score (nSPS) is 11.1. The molecule has 0 aliphatic carbocycles. The lowest BCUT2D eigenvalue weighted by molar-refractivity contribution is 0.358. The van der Waals surface area contributed by atoms with Gasteiger partial charge in [-0.25, -0.2) is 4.98 Å². The zero-order valence-corrected chi connectivity index (χ0v) is 9.32. The fraction of sp³-hybridized carbons (Fsp3) is 0.667. The van der Waals surface area contributed by atoms with Gasteiger partial charge in [0.05, 0.1) is 5.69 Å². The van der Waals surface area contributed by atoms with Crippen LogP contribution in [0.4, 0.5) is 5.13 Å². The summed E-state index contributed by atoms with van der Waals surface area (Å²) >= 11 is 1.61. The standard InChI is InChI=1S/C9H17N3S/c1-4-12(3)6-5-8-7(2)11-9(10)13-8/h4-6H2,1-3H3,(H2,10,11). The van der Waals surface area contributed by atoms with Crippen LogP contribution in [0.3, 0.4) is 0 Å². The second kappa shape index (κ2) is 4.58. The Balaban J connectivity index is 2.49. The molecule has 4 heteroatoms. The molecule has 0 aliphatic rings. The van der Waals surface area contributed by atoms with E-state index in [9.17, 15) is 0 Å². The Bertz CT molecular complexity index is 270. The molecule has 0 aromatic carbocycles. The van der Waals surface area contributed by atoms with Crippen molar-refractivity contribution in [1.29, 1.82) is 0 Å². The van der Waals surface area contributed by atoms with Crippen LogP contribution in [-0.2, 0) is 6.42 Å². The maximum absolute atomic E-state index is 5.61. The zero-order valence-electron chi connectivity index (χ0n) is 8.50. The largest absolute Gasteiger partial charge is 0.375 e. The predicted molar refractivity (Wildman–Crippen MR) is 58.1 cm³/mol. The van der Waals surface area contributed by atoms with E-state index in [1.807, 2.05) is 6.92 Å². The summed E-state index contributed by atoms with van der Waals surface area (Å²) in [6.07, 6.45) is 1.06. The maximum atomic E-state index is 5.61. The van der Waals surface area contributed by atoms with E-state index in [1.54, 1.807) is 11.3 Å². The van der Waals surface area contributed by atoms with Crippen LogP contribution in [-0.4, -0.2) is 30.0 Å². The SMILES string of the molecule is CCN(C)CCc1sc(N)nc1C. The van der Waals surface area contributed by atoms with E-state index in [2.05, 4.69) is 23.9 Å². The van der Waals surface area contributed by atoms with Crippen LogP contribution in [0.2, 0.25) is 0 Å². The first kappa shape index (κ1) is 10.5. The fourth-order valence-corrected chi connectivity index (χ4v) is 1.95. The summed E-state index contributed by atoms with van der Waals surface area (Å²) in [5.74, 6) is 0. The number of nitrogens with zero attached hydrogens (tertiary/aromatic N) is 2. The van der Waals surface area contributed by atoms with Crippen molar-refractivity contribution in [2.24, 2.45) is 0 Å². The minimum atomic E-state index is 0.687. The molecule has 74 valence electrons. The molecule has 13 heavy (non-hydrogen) atoms. The summed E-state index contributed by atoms with van der Waals surface area (Å²) < 4.78 is 0. The first-order chi connectivity index (χ1) is 6.13. The molecule has 0 atom stereocenters. The van der Waals surface area contributed by atoms with Crippen molar-refractivity contribution in [3.05, 3.63) is 10.6 Å². The van der Waals surface area contributed by atoms with Gasteiger partial charge in [0.25, 0.3) is 0 Å². The van der Waals surface area contributed by atoms with Crippen molar-refractivity contribution in [2.75, 3.05) is 25.9 Å². The molecular formula is C9H17N3S. The minimum Gasteiger partial charge on any atom is -0.375 e. The number of rotatable bonds is 4. The number of nitrogen functional groups attached to an aromatic ring is 1. The Kier molecular flexibility index (Phi) is 3.69. The molecule has 1 aromatic heterocycles. The van der Waals surface area contributed by atoms with Gasteiger partial charge in [0.2, 0.25) is 0 Å². The monoisotopic (exact) mass is 199 g/mol. The molecule has 3 nitrogen and oxygen atoms in total. The summed E-state index contributed by atoms with van der Waals surface area (Å²) in [7, 11) is 2.12. The van der Waals surface area contributed by atoms with E-state index in [1.165, 1.54) is 4.88 Å². The van der Waals surface area contributed by atoms with Gasteiger partial charge in [0, 0.05) is 11.4 Å². The van der Waals surface area contributed by atoms with Crippen LogP contribution in [0, 0.1) is 6.92 Å². The molecule has 1 aromatic rings. The molecular weight excluding hydrogens is 182 g/mol. The topological polar surface area (TPSA) is 42.1 Å². The third-order valence-corrected chi connectivity index (χ3v) is 3.22. The average molecular weight is 199 g/mol. The highest BCUT2D eigenvalue weighted by Crippen LogP contribution is 2.19. The number of aromatic nitrogens is 1. The van der Waals surface area contributed by atoms with Crippen LogP contribution in [0.5, 0.6) is 0 Å². The predicted octanol–water partition coefficient (Wildman–Crippen LogP) is 1.53. The van der Waals surface area contributed by atoms with Crippen LogP contribution in [0.25, 0.3) is 0 Å². The molecule has 0 saturated heterocycles. The van der Waals surface area contributed by atoms with Gasteiger partial charge >= 0.3 is 0 Å². The first-order valence-electron chi connectivity index (χ1n) is 4.53. The van der Waals surface area contributed by atoms with E-state index in [-0.39, 0.29) is 0 Å². The lowest BCUT2D eigenvalue weighted by atomic mass is 10.3. The lowest BCUT2D eigenvalue weighted by Gasteiger charge is -2.12. The van der Waals surface area contributed by atoms with Crippen molar-refractivity contribution >= 4 is 16.5 Å². The molecule has 0 radical (unpaired) electrons. The number of thiazole rings is 1. The zero-order chi connectivity index (χ0) is 9.84. The van der Waals surface area contributed by atoms with Gasteiger partial charge < -0.3 is 10.6 Å². The Labute approximate surface area is 83.6 Å². The first-order valence-corrected chi connectivity index (χ1v) is 5.35. The second-order valence-electron chi connectivity index (χ2n) is 3.21. The summed E-state index contributed by atoms with van der Waals surface area (Å²) in [5, 5.41) is 0.687. The van der Waals surface area contributed by atoms with Crippen molar-refractivity contribution in [3.8, 4) is 0 Å². The van der Waals surface area contributed by atoms with Crippen molar-refractivity contribution < 1.29 is 0 Å². The molecule has 0 fully saturated rings. The lowest BCUT2D eigenvalue weighted by Crippen LogP contribution is -2.20. The Morgan fingerprint density at radius 3 is 2.69 bits per heavy atom. The number of anilines is 1. The third-order valence-electron chi connectivity index (χ3n) is 2.17. The second-order valence-corrected chi connectivity index (χ2v) is 4.32. The minimum absolute atomic E-state index is 0.687. The van der Waals surface area contributed by atoms with E-state index in [4.69, 9.17) is 5.73 Å². The van der Waals surface area contributed by atoms with Crippen LogP contribution in [0.1, 0.15) is 17.5 Å². The van der Waals surface area contributed by atoms with Crippen LogP contribution >= 0.6 is 11.3 Å². The van der Waals surface area contributed by atoms with Crippen molar-refractivity contribution in [2.45, 2.75) is 20.3 Å². The van der Waals surface area contributed by atoms with Gasteiger partial charge in [0.1, 0.15) is 0 Å². The van der Waals surface area contributed by atoms with E-state index in [0.717, 1.165) is 25.2 Å². The van der Waals surface area contributed by atoms with Gasteiger partial charge in [-0.1, -0.05) is 6.92 Å². The van der Waals surface area contributed by atoms with Gasteiger partial charge in [-0.05, 0) is 26.9 Å². The summed E-state index contributed by atoms with van der Waals surface area (Å²) in [6.45, 7) is 6.36. The highest BCUT2D eigenvalue weighted by Gasteiger charge is 2.05. The van der Waals surface area contributed by atoms with E-state index >= 15 is 0 Å². The van der Waals surface area contributed by atoms with Gasteiger partial charge in [-0.3, -0.25) is 0 Å². The van der Waals surface area contributed by atoms with Crippen molar-refractivity contribution in [3.63, 3.8) is 0 Å². The molecule has 0 saturated carbocycles. The quantitative estimate of drug-likeness (QED) is 0.799. The smallest absolute Gasteiger partial charge is 0.180 e. The molecule has 0 unspecified atom stereocenters. The number of nitrogens with two attached hydrogens (primary N) is 1. The van der Waals surface area contributed by atoms with Crippen molar-refractivity contribution in [1.82, 2.24) is 9.88 Å². The average Bonchev–Trinajstić information content (AvgIpc) is 2.41. The van der Waals surface area contributed by atoms with Gasteiger partial charge in [0.15, 0.2) is 5.13 Å². The number of likely N-dealkylation sites (N-methyl/N-ethyl adjacent to an activating group) is 1. The Morgan fingerprint density at radius 1 is 1.54 bits per heavy atom. The Morgan fingerprint density at radius 2 is 2.23 bits per heavy atom. The van der Waals surface area contributed by atoms with Crippen LogP contribution < -0.4 is 5.73 Å². The molecule has 1 rings (SSSR count). The molecule has 0 bridgehead atoms. The number of hydrogen-bond donors (Lipinski definition) is 1. The highest BCUT2D eigenvalue weighted by molar-refractivity contribution is 7.15. The van der Waals surface area contributed by atoms with Gasteiger partial charge in [-0.15, -0.1) is 11.3 Å². The summed E-state index contributed by atoms with van der Waals surface area (Å²) in [4.78, 5) is 7.80. The Hall–Kier alpha value is -0.610. The maximum Gasteiger partial charge on any atom is 0.180 e.